The van der Waals surface area contributed by atoms with Crippen LogP contribution in [0.5, 0.6) is 0 Å². The molecule has 2 amide bonds. The van der Waals surface area contributed by atoms with Gasteiger partial charge in [-0.1, -0.05) is 0 Å². The van der Waals surface area contributed by atoms with E-state index >= 15 is 0 Å². The predicted octanol–water partition coefficient (Wildman–Crippen LogP) is 2.65. The Bertz CT molecular complexity index is 502. The second-order valence-electron chi connectivity index (χ2n) is 7.48. The summed E-state index contributed by atoms with van der Waals surface area (Å²) in [5.74, 6) is -1.49. The molecule has 0 spiro atoms. The van der Waals surface area contributed by atoms with Crippen molar-refractivity contribution in [3.05, 3.63) is 0 Å². The number of carbonyl (C=O) groups is 4. The summed E-state index contributed by atoms with van der Waals surface area (Å²) in [5.41, 5.74) is -1.83. The topological polar surface area (TPSA) is 108 Å². The molecule has 26 heavy (non-hydrogen) atoms. The van der Waals surface area contributed by atoms with Crippen LogP contribution in [0.2, 0.25) is 0 Å². The van der Waals surface area contributed by atoms with Crippen molar-refractivity contribution in [2.45, 2.75) is 71.6 Å². The number of hydrogen-bond acceptors (Lipinski definition) is 8. The molecule has 9 heteroatoms. The Hall–Kier alpha value is -2.32. The van der Waals surface area contributed by atoms with Crippen molar-refractivity contribution in [2.24, 2.45) is 0 Å². The number of amides is 2. The molecule has 0 aromatic heterocycles. The summed E-state index contributed by atoms with van der Waals surface area (Å²) in [6.07, 6.45) is -2.56. The van der Waals surface area contributed by atoms with Gasteiger partial charge in [0.15, 0.2) is 0 Å². The lowest BCUT2D eigenvalue weighted by Crippen LogP contribution is -2.52. The maximum absolute atomic E-state index is 12.5. The molecule has 0 fully saturated rings. The maximum atomic E-state index is 12.5. The van der Waals surface area contributed by atoms with E-state index in [0.29, 0.717) is 4.90 Å². The van der Waals surface area contributed by atoms with E-state index in [-0.39, 0.29) is 12.8 Å². The summed E-state index contributed by atoms with van der Waals surface area (Å²) in [6.45, 7) is 9.67. The van der Waals surface area contributed by atoms with Crippen LogP contribution in [0.15, 0.2) is 0 Å². The first-order chi connectivity index (χ1) is 11.7. The number of hydrogen-bond donors (Lipinski definition) is 0. The number of ether oxygens (including phenoxy) is 4. The van der Waals surface area contributed by atoms with Gasteiger partial charge in [0.1, 0.15) is 17.2 Å². The first kappa shape index (κ1) is 23.7. The number of nitrogens with zero attached hydrogens (tertiary/aromatic N) is 1. The molecule has 0 heterocycles. The fourth-order valence-electron chi connectivity index (χ4n) is 1.80. The third-order valence-electron chi connectivity index (χ3n) is 2.81. The van der Waals surface area contributed by atoms with Gasteiger partial charge in [0, 0.05) is 6.42 Å². The van der Waals surface area contributed by atoms with Gasteiger partial charge in [-0.15, -0.1) is 0 Å². The van der Waals surface area contributed by atoms with Crippen molar-refractivity contribution in [1.29, 1.82) is 0 Å². The minimum Gasteiger partial charge on any atom is -0.469 e. The van der Waals surface area contributed by atoms with E-state index in [9.17, 15) is 19.2 Å². The highest BCUT2D eigenvalue weighted by Crippen LogP contribution is 2.20. The van der Waals surface area contributed by atoms with Crippen molar-refractivity contribution in [1.82, 2.24) is 4.90 Å². The standard InChI is InChI=1S/C17H29NO8/c1-16(2,3)25-14(21)18(15(22)26-17(4,5)6)11(13(20)24-8)9-10-12(19)23-7/h11H,9-10H2,1-8H3/t11-/m1/s1. The monoisotopic (exact) mass is 375 g/mol. The van der Waals surface area contributed by atoms with Crippen LogP contribution >= 0.6 is 0 Å². The molecular weight excluding hydrogens is 346 g/mol. The van der Waals surface area contributed by atoms with E-state index in [4.69, 9.17) is 9.47 Å². The largest absolute Gasteiger partial charge is 0.469 e. The summed E-state index contributed by atoms with van der Waals surface area (Å²) in [7, 11) is 2.30. The highest BCUT2D eigenvalue weighted by atomic mass is 16.6. The Kier molecular flexibility index (Phi) is 8.56. The van der Waals surface area contributed by atoms with Gasteiger partial charge in [0.05, 0.1) is 14.2 Å². The van der Waals surface area contributed by atoms with Gasteiger partial charge in [-0.2, -0.15) is 4.90 Å². The van der Waals surface area contributed by atoms with E-state index in [0.717, 1.165) is 7.11 Å². The van der Waals surface area contributed by atoms with Gasteiger partial charge >= 0.3 is 24.1 Å². The Balaban J connectivity index is 5.77. The minimum absolute atomic E-state index is 0.197. The Morgan fingerprint density at radius 2 is 1.23 bits per heavy atom. The van der Waals surface area contributed by atoms with Crippen molar-refractivity contribution in [2.75, 3.05) is 14.2 Å². The molecule has 9 nitrogen and oxygen atoms in total. The second kappa shape index (κ2) is 9.40. The first-order valence-electron chi connectivity index (χ1n) is 8.11. The zero-order valence-corrected chi connectivity index (χ0v) is 16.7. The molecule has 0 aliphatic rings. The molecule has 0 aromatic carbocycles. The highest BCUT2D eigenvalue weighted by molar-refractivity contribution is 5.94. The second-order valence-corrected chi connectivity index (χ2v) is 7.48. The van der Waals surface area contributed by atoms with Gasteiger partial charge < -0.3 is 18.9 Å². The molecule has 0 bridgehead atoms. The van der Waals surface area contributed by atoms with Gasteiger partial charge in [0.25, 0.3) is 0 Å². The number of carbonyl (C=O) groups excluding carboxylic acids is 4. The summed E-state index contributed by atoms with van der Waals surface area (Å²) >= 11 is 0. The van der Waals surface area contributed by atoms with Crippen LogP contribution < -0.4 is 0 Å². The fourth-order valence-corrected chi connectivity index (χ4v) is 1.80. The number of imide groups is 1. The van der Waals surface area contributed by atoms with E-state index in [1.54, 1.807) is 41.5 Å². The van der Waals surface area contributed by atoms with Crippen molar-refractivity contribution >= 4 is 24.1 Å². The Morgan fingerprint density at radius 3 is 1.54 bits per heavy atom. The SMILES string of the molecule is COC(=O)CC[C@H](C(=O)OC)N(C(=O)OC(C)(C)C)C(=O)OC(C)(C)C. The summed E-state index contributed by atoms with van der Waals surface area (Å²) in [4.78, 5) is 49.2. The smallest absolute Gasteiger partial charge is 0.420 e. The van der Waals surface area contributed by atoms with Crippen molar-refractivity contribution < 1.29 is 38.1 Å². The van der Waals surface area contributed by atoms with Crippen molar-refractivity contribution in [3.8, 4) is 0 Å². The van der Waals surface area contributed by atoms with Gasteiger partial charge in [-0.25, -0.2) is 14.4 Å². The van der Waals surface area contributed by atoms with Crippen LogP contribution in [-0.2, 0) is 28.5 Å². The predicted molar refractivity (Wildman–Crippen MR) is 91.4 cm³/mol. The minimum atomic E-state index is -1.40. The van der Waals surface area contributed by atoms with E-state index in [2.05, 4.69) is 9.47 Å². The molecule has 0 N–H and O–H groups in total. The van der Waals surface area contributed by atoms with Crippen LogP contribution in [0, 0.1) is 0 Å². The molecule has 0 radical (unpaired) electrons. The Morgan fingerprint density at radius 1 is 0.808 bits per heavy atom. The molecular formula is C17H29NO8. The third kappa shape index (κ3) is 8.68. The summed E-state index contributed by atoms with van der Waals surface area (Å²) in [6, 6.07) is -1.40. The Labute approximate surface area is 153 Å². The lowest BCUT2D eigenvalue weighted by molar-refractivity contribution is -0.148. The average molecular weight is 375 g/mol. The third-order valence-corrected chi connectivity index (χ3v) is 2.81. The zero-order valence-electron chi connectivity index (χ0n) is 16.7. The summed E-state index contributed by atoms with van der Waals surface area (Å²) in [5, 5.41) is 0. The van der Waals surface area contributed by atoms with Crippen molar-refractivity contribution in [3.63, 3.8) is 0 Å². The lowest BCUT2D eigenvalue weighted by Gasteiger charge is -2.32. The zero-order chi connectivity index (χ0) is 20.7. The van der Waals surface area contributed by atoms with E-state index < -0.39 is 41.4 Å². The molecule has 0 unspecified atom stereocenters. The van der Waals surface area contributed by atoms with Crippen LogP contribution in [0.25, 0.3) is 0 Å². The summed E-state index contributed by atoms with van der Waals surface area (Å²) < 4.78 is 19.6. The average Bonchev–Trinajstić information content (AvgIpc) is 2.46. The van der Waals surface area contributed by atoms with Gasteiger partial charge in [0.2, 0.25) is 0 Å². The molecule has 0 rings (SSSR count). The normalized spacial score (nSPS) is 12.6. The molecule has 1 atom stereocenters. The van der Waals surface area contributed by atoms with Crippen LogP contribution in [0.3, 0.4) is 0 Å². The molecule has 0 aliphatic carbocycles. The first-order valence-corrected chi connectivity index (χ1v) is 8.11. The molecule has 0 aromatic rings. The van der Waals surface area contributed by atoms with Crippen LogP contribution in [-0.4, -0.2) is 60.5 Å². The van der Waals surface area contributed by atoms with Crippen LogP contribution in [0.1, 0.15) is 54.4 Å². The lowest BCUT2D eigenvalue weighted by atomic mass is 10.1. The number of rotatable bonds is 5. The van der Waals surface area contributed by atoms with E-state index in [1.165, 1.54) is 7.11 Å². The van der Waals surface area contributed by atoms with Gasteiger partial charge in [-0.05, 0) is 48.0 Å². The molecule has 0 saturated carbocycles. The maximum Gasteiger partial charge on any atom is 0.420 e. The quantitative estimate of drug-likeness (QED) is 0.533. The fraction of sp³-hybridized carbons (Fsp3) is 0.765. The number of esters is 2. The highest BCUT2D eigenvalue weighted by Gasteiger charge is 2.41. The van der Waals surface area contributed by atoms with Crippen LogP contribution in [0.4, 0.5) is 9.59 Å². The molecule has 150 valence electrons. The number of methoxy groups -OCH3 is 2. The molecule has 0 aliphatic heterocycles. The molecule has 0 saturated heterocycles. The van der Waals surface area contributed by atoms with Gasteiger partial charge in [-0.3, -0.25) is 4.79 Å². The van der Waals surface area contributed by atoms with E-state index in [1.807, 2.05) is 0 Å².